The molecule has 1 heterocycles. The van der Waals surface area contributed by atoms with Crippen molar-refractivity contribution in [2.24, 2.45) is 5.73 Å². The van der Waals surface area contributed by atoms with Gasteiger partial charge in [-0.15, -0.1) is 0 Å². The number of aryl methyl sites for hydroxylation is 1. The molecule has 2 aromatic rings. The summed E-state index contributed by atoms with van der Waals surface area (Å²) in [5.74, 6) is 0.681. The number of nitrogens with zero attached hydrogens (tertiary/aromatic N) is 2. The minimum absolute atomic E-state index is 0.0585. The normalized spacial score (nSPS) is 23.5. The highest BCUT2D eigenvalue weighted by Gasteiger charge is 2.39. The second kappa shape index (κ2) is 13.9. The molecule has 2 aromatic carbocycles. The Morgan fingerprint density at radius 3 is 2.33 bits per heavy atom. The third-order valence-corrected chi connectivity index (χ3v) is 8.20. The number of piperidine rings is 1. The van der Waals surface area contributed by atoms with Crippen molar-refractivity contribution >= 4 is 11.8 Å². The van der Waals surface area contributed by atoms with Crippen LogP contribution >= 0.6 is 0 Å². The van der Waals surface area contributed by atoms with Crippen molar-refractivity contribution < 1.29 is 19.1 Å². The third-order valence-electron chi connectivity index (χ3n) is 8.20. The van der Waals surface area contributed by atoms with Gasteiger partial charge in [-0.2, -0.15) is 0 Å². The Labute approximate surface area is 232 Å². The van der Waals surface area contributed by atoms with Gasteiger partial charge in [-0.05, 0) is 75.3 Å². The lowest BCUT2D eigenvalue weighted by atomic mass is 9.90. The first-order valence-electron chi connectivity index (χ1n) is 14.2. The fraction of sp³-hybridized carbons (Fsp3) is 0.548. The maximum atomic E-state index is 13.8. The van der Waals surface area contributed by atoms with Gasteiger partial charge in [0, 0.05) is 50.4 Å². The molecule has 1 saturated carbocycles. The standard InChI is InChI=1S/C31H44N4O4/c1-22-4-8-24(9-5-22)31(37)35-17-16-27(20-29(35)30(36)33-26-12-10-25(32)11-13-26)34(18-19-38-2)21-23-6-14-28(39-3)15-7-23/h4-9,14-15,25-27,29H,10-13,16-21,32H2,1-3H3,(H,33,36)/t25?,26?,27?,29-/m1/s1. The minimum atomic E-state index is -0.533. The molecular formula is C31H44N4O4. The molecule has 0 radical (unpaired) electrons. The monoisotopic (exact) mass is 536 g/mol. The predicted octanol–water partition coefficient (Wildman–Crippen LogP) is 3.51. The molecule has 0 aromatic heterocycles. The maximum absolute atomic E-state index is 13.8. The van der Waals surface area contributed by atoms with Gasteiger partial charge in [-0.1, -0.05) is 29.8 Å². The fourth-order valence-corrected chi connectivity index (χ4v) is 5.76. The van der Waals surface area contributed by atoms with Gasteiger partial charge in [0.1, 0.15) is 11.8 Å². The molecule has 2 fully saturated rings. The minimum Gasteiger partial charge on any atom is -0.497 e. The van der Waals surface area contributed by atoms with Crippen LogP contribution < -0.4 is 15.8 Å². The van der Waals surface area contributed by atoms with Crippen LogP contribution in [0, 0.1) is 6.92 Å². The van der Waals surface area contributed by atoms with E-state index in [0.29, 0.717) is 25.1 Å². The van der Waals surface area contributed by atoms with Crippen molar-refractivity contribution in [3.63, 3.8) is 0 Å². The van der Waals surface area contributed by atoms with Gasteiger partial charge in [0.2, 0.25) is 5.91 Å². The van der Waals surface area contributed by atoms with E-state index in [-0.39, 0.29) is 29.9 Å². The largest absolute Gasteiger partial charge is 0.497 e. The van der Waals surface area contributed by atoms with E-state index >= 15 is 0 Å². The van der Waals surface area contributed by atoms with Crippen LogP contribution in [0.15, 0.2) is 48.5 Å². The lowest BCUT2D eigenvalue weighted by Gasteiger charge is -2.43. The Morgan fingerprint density at radius 2 is 1.69 bits per heavy atom. The Hall–Kier alpha value is -2.94. The average molecular weight is 537 g/mol. The van der Waals surface area contributed by atoms with Gasteiger partial charge in [-0.25, -0.2) is 0 Å². The summed E-state index contributed by atoms with van der Waals surface area (Å²) in [7, 11) is 3.37. The number of hydrogen-bond donors (Lipinski definition) is 2. The molecule has 1 aliphatic carbocycles. The average Bonchev–Trinajstić information content (AvgIpc) is 2.96. The van der Waals surface area contributed by atoms with Crippen LogP contribution in [-0.2, 0) is 16.1 Å². The van der Waals surface area contributed by atoms with E-state index in [1.165, 1.54) is 5.56 Å². The molecule has 1 saturated heterocycles. The van der Waals surface area contributed by atoms with Crippen LogP contribution in [0.4, 0.5) is 0 Å². The molecule has 1 aliphatic heterocycles. The van der Waals surface area contributed by atoms with Crippen molar-refractivity contribution in [2.75, 3.05) is 33.9 Å². The van der Waals surface area contributed by atoms with Crippen LogP contribution in [0.2, 0.25) is 0 Å². The number of likely N-dealkylation sites (tertiary alicyclic amines) is 1. The van der Waals surface area contributed by atoms with Gasteiger partial charge >= 0.3 is 0 Å². The molecule has 2 amide bonds. The van der Waals surface area contributed by atoms with Crippen molar-refractivity contribution in [1.29, 1.82) is 0 Å². The molecule has 2 atom stereocenters. The molecule has 4 rings (SSSR count). The molecular weight excluding hydrogens is 492 g/mol. The quantitative estimate of drug-likeness (QED) is 0.482. The van der Waals surface area contributed by atoms with Gasteiger partial charge < -0.3 is 25.4 Å². The molecule has 2 aliphatic rings. The maximum Gasteiger partial charge on any atom is 0.254 e. The Morgan fingerprint density at radius 1 is 1.00 bits per heavy atom. The second-order valence-corrected chi connectivity index (χ2v) is 11.0. The SMILES string of the molecule is COCCN(Cc1ccc(OC)cc1)C1CCN(C(=O)c2ccc(C)cc2)[C@@H](C(=O)NC2CCC(N)CC2)C1. The van der Waals surface area contributed by atoms with Crippen molar-refractivity contribution in [3.8, 4) is 5.75 Å². The lowest BCUT2D eigenvalue weighted by Crippen LogP contribution is -2.58. The summed E-state index contributed by atoms with van der Waals surface area (Å²) < 4.78 is 10.8. The molecule has 212 valence electrons. The van der Waals surface area contributed by atoms with E-state index in [1.807, 2.05) is 43.3 Å². The zero-order valence-electron chi connectivity index (χ0n) is 23.6. The van der Waals surface area contributed by atoms with Gasteiger partial charge in [0.05, 0.1) is 13.7 Å². The molecule has 1 unspecified atom stereocenters. The van der Waals surface area contributed by atoms with Crippen LogP contribution in [0.1, 0.15) is 60.0 Å². The van der Waals surface area contributed by atoms with Crippen molar-refractivity contribution in [1.82, 2.24) is 15.1 Å². The summed E-state index contributed by atoms with van der Waals surface area (Å²) in [5, 5.41) is 3.27. The highest BCUT2D eigenvalue weighted by molar-refractivity contribution is 5.97. The number of nitrogens with one attached hydrogen (secondary N) is 1. The van der Waals surface area contributed by atoms with Crippen molar-refractivity contribution in [2.45, 2.75) is 76.2 Å². The first-order chi connectivity index (χ1) is 18.9. The smallest absolute Gasteiger partial charge is 0.254 e. The number of methoxy groups -OCH3 is 2. The number of rotatable bonds is 10. The predicted molar refractivity (Wildman–Crippen MR) is 153 cm³/mol. The number of carbonyl (C=O) groups is 2. The zero-order chi connectivity index (χ0) is 27.8. The summed E-state index contributed by atoms with van der Waals surface area (Å²) in [6.07, 6.45) is 4.96. The molecule has 0 spiro atoms. The van der Waals surface area contributed by atoms with E-state index in [4.69, 9.17) is 15.2 Å². The van der Waals surface area contributed by atoms with E-state index in [2.05, 4.69) is 22.3 Å². The number of hydrogen-bond acceptors (Lipinski definition) is 6. The topological polar surface area (TPSA) is 97.1 Å². The van der Waals surface area contributed by atoms with E-state index in [1.54, 1.807) is 19.1 Å². The first kappa shape index (κ1) is 29.1. The van der Waals surface area contributed by atoms with Gasteiger partial charge in [-0.3, -0.25) is 14.5 Å². The Kier molecular flexibility index (Phi) is 10.4. The summed E-state index contributed by atoms with van der Waals surface area (Å²) in [5.41, 5.74) is 8.98. The van der Waals surface area contributed by atoms with E-state index in [0.717, 1.165) is 56.5 Å². The van der Waals surface area contributed by atoms with Gasteiger partial charge in [0.15, 0.2) is 0 Å². The first-order valence-corrected chi connectivity index (χ1v) is 14.2. The third kappa shape index (κ3) is 7.81. The van der Waals surface area contributed by atoms with Crippen LogP contribution in [0.25, 0.3) is 0 Å². The summed E-state index contributed by atoms with van der Waals surface area (Å²) >= 11 is 0. The Bertz CT molecular complexity index is 1070. The summed E-state index contributed by atoms with van der Waals surface area (Å²) in [6.45, 7) is 4.60. The summed E-state index contributed by atoms with van der Waals surface area (Å²) in [6, 6.07) is 15.6. The molecule has 39 heavy (non-hydrogen) atoms. The number of amides is 2. The number of carbonyl (C=O) groups excluding carboxylic acids is 2. The lowest BCUT2D eigenvalue weighted by molar-refractivity contribution is -0.128. The van der Waals surface area contributed by atoms with Crippen LogP contribution in [0.3, 0.4) is 0 Å². The van der Waals surface area contributed by atoms with E-state index in [9.17, 15) is 9.59 Å². The summed E-state index contributed by atoms with van der Waals surface area (Å²) in [4.78, 5) is 31.6. The highest BCUT2D eigenvalue weighted by atomic mass is 16.5. The number of ether oxygens (including phenoxy) is 2. The van der Waals surface area contributed by atoms with Crippen LogP contribution in [-0.4, -0.2) is 79.7 Å². The number of nitrogens with two attached hydrogens (primary N) is 1. The van der Waals surface area contributed by atoms with Crippen molar-refractivity contribution in [3.05, 3.63) is 65.2 Å². The molecule has 8 nitrogen and oxygen atoms in total. The molecule has 0 bridgehead atoms. The van der Waals surface area contributed by atoms with E-state index < -0.39 is 6.04 Å². The molecule has 3 N–H and O–H groups in total. The second-order valence-electron chi connectivity index (χ2n) is 11.0. The number of benzene rings is 2. The Balaban J connectivity index is 1.53. The fourth-order valence-electron chi connectivity index (χ4n) is 5.76. The highest BCUT2D eigenvalue weighted by Crippen LogP contribution is 2.27. The van der Waals surface area contributed by atoms with Crippen LogP contribution in [0.5, 0.6) is 5.75 Å². The zero-order valence-corrected chi connectivity index (χ0v) is 23.6. The van der Waals surface area contributed by atoms with Gasteiger partial charge in [0.25, 0.3) is 5.91 Å². The molecule has 8 heteroatoms.